The number of nitrogens with one attached hydrogen (secondary N) is 2. The zero-order valence-corrected chi connectivity index (χ0v) is 9.89. The minimum atomic E-state index is -0.375. The van der Waals surface area contributed by atoms with E-state index >= 15 is 0 Å². The number of benzene rings is 1. The van der Waals surface area contributed by atoms with Crippen LogP contribution < -0.4 is 16.6 Å². The van der Waals surface area contributed by atoms with E-state index in [4.69, 9.17) is 5.73 Å². The summed E-state index contributed by atoms with van der Waals surface area (Å²) >= 11 is 0. The maximum absolute atomic E-state index is 11.0. The molecule has 2 aliphatic rings. The Bertz CT molecular complexity index is 530. The molecule has 4 N–H and O–H groups in total. The highest BCUT2D eigenvalue weighted by atomic mass is 16.1. The Morgan fingerprint density at radius 2 is 2.00 bits per heavy atom. The highest BCUT2D eigenvalue weighted by Gasteiger charge is 2.41. The summed E-state index contributed by atoms with van der Waals surface area (Å²) in [5, 5.41) is 0. The zero-order chi connectivity index (χ0) is 12.5. The average Bonchev–Trinajstić information content (AvgIpc) is 3.20. The number of hydrogen-bond acceptors (Lipinski definition) is 3. The first-order valence-corrected chi connectivity index (χ1v) is 6.04. The molecule has 0 spiro atoms. The quantitative estimate of drug-likeness (QED) is 0.749. The van der Waals surface area contributed by atoms with Crippen molar-refractivity contribution in [2.24, 2.45) is 11.7 Å². The van der Waals surface area contributed by atoms with Crippen LogP contribution in [0.2, 0.25) is 0 Å². The minimum absolute atomic E-state index is 0.375. The molecular formula is C14H15N3O. The zero-order valence-electron chi connectivity index (χ0n) is 9.89. The van der Waals surface area contributed by atoms with Crippen LogP contribution in [-0.2, 0) is 0 Å². The van der Waals surface area contributed by atoms with Gasteiger partial charge in [0.1, 0.15) is 0 Å². The number of carbonyl (C=O) groups excluding carboxylic acids is 1. The lowest BCUT2D eigenvalue weighted by atomic mass is 10.1. The Hall–Kier alpha value is -2.23. The van der Waals surface area contributed by atoms with E-state index in [-0.39, 0.29) is 5.91 Å². The van der Waals surface area contributed by atoms with Crippen LogP contribution in [0, 0.1) is 5.92 Å². The molecule has 1 fully saturated rings. The summed E-state index contributed by atoms with van der Waals surface area (Å²) < 4.78 is 0. The Balaban J connectivity index is 1.72. The van der Waals surface area contributed by atoms with E-state index in [2.05, 4.69) is 16.9 Å². The molecule has 0 aromatic heterocycles. The first-order valence-electron chi connectivity index (χ1n) is 6.04. The van der Waals surface area contributed by atoms with Gasteiger partial charge in [-0.1, -0.05) is 12.1 Å². The molecule has 0 radical (unpaired) electrons. The van der Waals surface area contributed by atoms with E-state index in [1.807, 2.05) is 24.4 Å². The highest BCUT2D eigenvalue weighted by molar-refractivity contribution is 5.92. The predicted octanol–water partition coefficient (Wildman–Crippen LogP) is 1.39. The van der Waals surface area contributed by atoms with Gasteiger partial charge in [0.25, 0.3) is 0 Å². The number of primary amides is 1. The van der Waals surface area contributed by atoms with Crippen LogP contribution in [0.25, 0.3) is 0 Å². The summed E-state index contributed by atoms with van der Waals surface area (Å²) in [5.74, 6) is 0.709. The molecule has 1 aromatic carbocycles. The van der Waals surface area contributed by atoms with Crippen molar-refractivity contribution < 1.29 is 4.79 Å². The fourth-order valence-corrected chi connectivity index (χ4v) is 2.38. The molecule has 92 valence electrons. The van der Waals surface area contributed by atoms with Gasteiger partial charge >= 0.3 is 0 Å². The van der Waals surface area contributed by atoms with E-state index in [0.717, 1.165) is 6.42 Å². The van der Waals surface area contributed by atoms with Gasteiger partial charge in [-0.25, -0.2) is 0 Å². The third-order valence-corrected chi connectivity index (χ3v) is 3.49. The summed E-state index contributed by atoms with van der Waals surface area (Å²) in [5.41, 5.74) is 14.4. The first-order chi connectivity index (χ1) is 8.75. The average molecular weight is 241 g/mol. The summed E-state index contributed by atoms with van der Waals surface area (Å²) in [6.45, 7) is 0. The van der Waals surface area contributed by atoms with Gasteiger partial charge in [-0.2, -0.15) is 0 Å². The molecule has 4 heteroatoms. The summed E-state index contributed by atoms with van der Waals surface area (Å²) in [4.78, 5) is 11.0. The third-order valence-electron chi connectivity index (χ3n) is 3.49. The van der Waals surface area contributed by atoms with Gasteiger partial charge in [-0.05, 0) is 42.2 Å². The van der Waals surface area contributed by atoms with Crippen LogP contribution >= 0.6 is 0 Å². The molecule has 18 heavy (non-hydrogen) atoms. The Morgan fingerprint density at radius 3 is 2.61 bits per heavy atom. The molecule has 1 aromatic rings. The number of carbonyl (C=O) groups is 1. The van der Waals surface area contributed by atoms with Gasteiger partial charge in [0.2, 0.25) is 5.91 Å². The molecule has 1 saturated carbocycles. The van der Waals surface area contributed by atoms with Crippen molar-refractivity contribution in [2.45, 2.75) is 12.3 Å². The second kappa shape index (κ2) is 4.22. The maximum Gasteiger partial charge on any atom is 0.248 e. The second-order valence-electron chi connectivity index (χ2n) is 4.69. The number of nitrogens with two attached hydrogens (primary N) is 1. The molecule has 1 aliphatic heterocycles. The maximum atomic E-state index is 11.0. The van der Waals surface area contributed by atoms with E-state index in [1.54, 1.807) is 12.1 Å². The minimum Gasteiger partial charge on any atom is -0.366 e. The molecule has 1 heterocycles. The van der Waals surface area contributed by atoms with Gasteiger partial charge in [0, 0.05) is 23.4 Å². The van der Waals surface area contributed by atoms with Crippen molar-refractivity contribution in [1.82, 2.24) is 10.9 Å². The van der Waals surface area contributed by atoms with Crippen LogP contribution in [0.15, 0.2) is 48.3 Å². The molecule has 2 atom stereocenters. The van der Waals surface area contributed by atoms with E-state index in [1.165, 1.54) is 11.3 Å². The topological polar surface area (TPSA) is 67.2 Å². The molecule has 0 bridgehead atoms. The molecular weight excluding hydrogens is 226 g/mol. The second-order valence-corrected chi connectivity index (χ2v) is 4.69. The van der Waals surface area contributed by atoms with E-state index < -0.39 is 0 Å². The van der Waals surface area contributed by atoms with Crippen molar-refractivity contribution in [3.8, 4) is 0 Å². The SMILES string of the molecule is NC(=O)c1ccc(C2CC2C2=CC=CNN2)cc1. The van der Waals surface area contributed by atoms with Crippen molar-refractivity contribution in [3.63, 3.8) is 0 Å². The molecule has 0 saturated heterocycles. The third kappa shape index (κ3) is 1.97. The van der Waals surface area contributed by atoms with E-state index in [9.17, 15) is 4.79 Å². The van der Waals surface area contributed by atoms with Crippen molar-refractivity contribution in [1.29, 1.82) is 0 Å². The van der Waals surface area contributed by atoms with Crippen LogP contribution in [0.3, 0.4) is 0 Å². The van der Waals surface area contributed by atoms with Crippen LogP contribution in [0.1, 0.15) is 28.3 Å². The number of hydrogen-bond donors (Lipinski definition) is 3. The predicted molar refractivity (Wildman–Crippen MR) is 69.3 cm³/mol. The standard InChI is InChI=1S/C14H15N3O/c15-14(18)10-5-3-9(4-6-10)11-8-12(11)13-2-1-7-16-17-13/h1-7,11-12,16-17H,8H2,(H2,15,18). The normalized spacial score (nSPS) is 24.8. The summed E-state index contributed by atoms with van der Waals surface area (Å²) in [7, 11) is 0. The van der Waals surface area contributed by atoms with Gasteiger partial charge in [0.15, 0.2) is 0 Å². The van der Waals surface area contributed by atoms with Crippen LogP contribution in [0.4, 0.5) is 0 Å². The van der Waals surface area contributed by atoms with Gasteiger partial charge < -0.3 is 16.6 Å². The Kier molecular flexibility index (Phi) is 2.55. The Labute approximate surface area is 106 Å². The largest absolute Gasteiger partial charge is 0.366 e. The van der Waals surface area contributed by atoms with Crippen molar-refractivity contribution in [2.75, 3.05) is 0 Å². The van der Waals surface area contributed by atoms with Crippen molar-refractivity contribution in [3.05, 3.63) is 59.4 Å². The number of amides is 1. The molecule has 4 nitrogen and oxygen atoms in total. The molecule has 1 amide bonds. The fraction of sp³-hybridized carbons (Fsp3) is 0.214. The smallest absolute Gasteiger partial charge is 0.248 e. The van der Waals surface area contributed by atoms with Gasteiger partial charge in [0.05, 0.1) is 0 Å². The van der Waals surface area contributed by atoms with Gasteiger partial charge in [-0.3, -0.25) is 4.79 Å². The Morgan fingerprint density at radius 1 is 1.22 bits per heavy atom. The molecule has 2 unspecified atom stereocenters. The summed E-state index contributed by atoms with van der Waals surface area (Å²) in [6.07, 6.45) is 7.10. The lowest BCUT2D eigenvalue weighted by molar-refractivity contribution is 0.100. The molecule has 1 aliphatic carbocycles. The fourth-order valence-electron chi connectivity index (χ4n) is 2.38. The monoisotopic (exact) mass is 241 g/mol. The number of hydrazine groups is 1. The van der Waals surface area contributed by atoms with Crippen LogP contribution in [0.5, 0.6) is 0 Å². The van der Waals surface area contributed by atoms with Crippen LogP contribution in [-0.4, -0.2) is 5.91 Å². The summed E-state index contributed by atoms with van der Waals surface area (Å²) in [6, 6.07) is 7.59. The number of rotatable bonds is 3. The van der Waals surface area contributed by atoms with Crippen molar-refractivity contribution >= 4 is 5.91 Å². The molecule has 3 rings (SSSR count). The highest BCUT2D eigenvalue weighted by Crippen LogP contribution is 2.51. The lowest BCUT2D eigenvalue weighted by Crippen LogP contribution is -2.29. The lowest BCUT2D eigenvalue weighted by Gasteiger charge is -2.13. The van der Waals surface area contributed by atoms with E-state index in [0.29, 0.717) is 17.4 Å². The van der Waals surface area contributed by atoms with Gasteiger partial charge in [-0.15, -0.1) is 0 Å². The first kappa shape index (κ1) is 10.9. The number of allylic oxidation sites excluding steroid dienone is 3.